The molecular weight excluding hydrogens is 468 g/mol. The molecule has 1 aromatic rings. The molecule has 1 aromatic carbocycles. The minimum Gasteiger partial charge on any atom is -0.391 e. The van der Waals surface area contributed by atoms with Crippen LogP contribution in [0, 0.1) is 52.8 Å². The molecule has 4 nitrogen and oxygen atoms in total. The van der Waals surface area contributed by atoms with E-state index in [0.29, 0.717) is 29.6 Å². The van der Waals surface area contributed by atoms with E-state index in [-0.39, 0.29) is 23.7 Å². The van der Waals surface area contributed by atoms with Gasteiger partial charge in [-0.1, -0.05) is 63.7 Å². The molecule has 9 atom stereocenters. The molecule has 38 heavy (non-hydrogen) atoms. The van der Waals surface area contributed by atoms with Gasteiger partial charge < -0.3 is 20.5 Å². The maximum Gasteiger partial charge on any atom is 0.124 e. The smallest absolute Gasteiger partial charge is 0.124 e. The topological polar surface area (TPSA) is 53.5 Å². The van der Waals surface area contributed by atoms with Gasteiger partial charge in [0.15, 0.2) is 0 Å². The van der Waals surface area contributed by atoms with Gasteiger partial charge >= 0.3 is 0 Å². The summed E-state index contributed by atoms with van der Waals surface area (Å²) < 4.78 is 7.06. The van der Waals surface area contributed by atoms with E-state index < -0.39 is 0 Å². The van der Waals surface area contributed by atoms with Crippen LogP contribution in [0.4, 0.5) is 0 Å². The fraction of sp³-hybridized carbons (Fsp3) is 0.765. The lowest BCUT2D eigenvalue weighted by Crippen LogP contribution is -2.40. The lowest BCUT2D eigenvalue weighted by Gasteiger charge is -2.38. The van der Waals surface area contributed by atoms with Crippen molar-refractivity contribution in [2.24, 2.45) is 40.9 Å². The van der Waals surface area contributed by atoms with Crippen LogP contribution in [0.25, 0.3) is 0 Å². The average Bonchev–Trinajstić information content (AvgIpc) is 3.75. The largest absolute Gasteiger partial charge is 0.391 e. The Kier molecular flexibility index (Phi) is 9.53. The second kappa shape index (κ2) is 12.9. The van der Waals surface area contributed by atoms with Gasteiger partial charge in [-0.25, -0.2) is 0 Å². The van der Waals surface area contributed by atoms with E-state index in [4.69, 9.17) is 4.74 Å². The molecule has 5 rings (SSSR count). The van der Waals surface area contributed by atoms with Crippen LogP contribution >= 0.6 is 0 Å². The highest BCUT2D eigenvalue weighted by atomic mass is 16.5. The van der Waals surface area contributed by atoms with Gasteiger partial charge in [-0.2, -0.15) is 0 Å². The molecule has 0 radical (unpaired) electrons. The molecule has 2 heterocycles. The van der Waals surface area contributed by atoms with Crippen LogP contribution in [0.2, 0.25) is 0 Å². The third kappa shape index (κ3) is 6.33. The number of benzene rings is 1. The number of aliphatic hydroxyl groups excluding tert-OH is 1. The summed E-state index contributed by atoms with van der Waals surface area (Å²) in [4.78, 5) is 0. The molecule has 0 amide bonds. The number of rotatable bonds is 9. The van der Waals surface area contributed by atoms with Crippen molar-refractivity contribution in [2.45, 2.75) is 96.8 Å². The summed E-state index contributed by atoms with van der Waals surface area (Å²) in [5.41, 5.74) is 1.25. The number of hydrogen-bond donors (Lipinski definition) is 3. The Hall–Kier alpha value is -1.38. The fourth-order valence-corrected chi connectivity index (χ4v) is 8.55. The molecule has 0 spiro atoms. The Balaban J connectivity index is 1.35. The average molecular weight is 521 g/mol. The molecule has 210 valence electrons. The Morgan fingerprint density at radius 3 is 2.42 bits per heavy atom. The first-order chi connectivity index (χ1) is 18.5. The van der Waals surface area contributed by atoms with Gasteiger partial charge in [0.25, 0.3) is 0 Å². The van der Waals surface area contributed by atoms with Gasteiger partial charge in [-0.15, -0.1) is 0 Å². The summed E-state index contributed by atoms with van der Waals surface area (Å²) in [6.07, 6.45) is 10.5. The van der Waals surface area contributed by atoms with Crippen molar-refractivity contribution in [3.05, 3.63) is 35.9 Å². The van der Waals surface area contributed by atoms with Crippen molar-refractivity contribution < 1.29 is 9.84 Å². The predicted octanol–water partition coefficient (Wildman–Crippen LogP) is 5.64. The molecule has 4 heteroatoms. The van der Waals surface area contributed by atoms with Crippen LogP contribution in [-0.4, -0.2) is 49.6 Å². The highest BCUT2D eigenvalue weighted by Crippen LogP contribution is 2.51. The van der Waals surface area contributed by atoms with Gasteiger partial charge in [0.2, 0.25) is 0 Å². The van der Waals surface area contributed by atoms with Gasteiger partial charge in [-0.05, 0) is 112 Å². The SMILES string of the molecule is CC1C(C)C(COC(C#Cc2ccccc2)C2(CC3CCNC3)CCCC2)C(C[C@@H](O)[C@@H]2CCCN2)C1C. The minimum absolute atomic E-state index is 0.0220. The van der Waals surface area contributed by atoms with Crippen molar-refractivity contribution in [1.29, 1.82) is 0 Å². The first-order valence-electron chi connectivity index (χ1n) is 15.8. The monoisotopic (exact) mass is 520 g/mol. The number of ether oxygens (including phenoxy) is 1. The molecule has 2 saturated carbocycles. The zero-order chi connectivity index (χ0) is 26.5. The zero-order valence-corrected chi connectivity index (χ0v) is 24.1. The van der Waals surface area contributed by atoms with Gasteiger partial charge in [0, 0.05) is 17.0 Å². The van der Waals surface area contributed by atoms with Crippen LogP contribution in [0.15, 0.2) is 30.3 Å². The number of nitrogens with one attached hydrogen (secondary N) is 2. The normalized spacial score (nSPS) is 36.2. The molecule has 7 unspecified atom stereocenters. The summed E-state index contributed by atoms with van der Waals surface area (Å²) in [5, 5.41) is 18.3. The third-order valence-corrected chi connectivity index (χ3v) is 11.2. The molecule has 2 aliphatic heterocycles. The van der Waals surface area contributed by atoms with Crippen LogP contribution < -0.4 is 10.6 Å². The van der Waals surface area contributed by atoms with Gasteiger partial charge in [-0.3, -0.25) is 0 Å². The highest BCUT2D eigenvalue weighted by molar-refractivity contribution is 5.35. The van der Waals surface area contributed by atoms with Crippen molar-refractivity contribution in [2.75, 3.05) is 26.2 Å². The van der Waals surface area contributed by atoms with Crippen molar-refractivity contribution in [1.82, 2.24) is 10.6 Å². The molecule has 0 aromatic heterocycles. The van der Waals surface area contributed by atoms with Crippen LogP contribution in [0.1, 0.15) is 84.1 Å². The Labute approximate surface area is 232 Å². The van der Waals surface area contributed by atoms with E-state index in [1.807, 2.05) is 0 Å². The summed E-state index contributed by atoms with van der Waals surface area (Å²) in [6, 6.07) is 10.7. The Morgan fingerprint density at radius 1 is 0.974 bits per heavy atom. The first kappa shape index (κ1) is 28.2. The second-order valence-corrected chi connectivity index (χ2v) is 13.4. The predicted molar refractivity (Wildman–Crippen MR) is 156 cm³/mol. The molecule has 4 aliphatic rings. The molecule has 2 aliphatic carbocycles. The fourth-order valence-electron chi connectivity index (χ4n) is 8.55. The lowest BCUT2D eigenvalue weighted by molar-refractivity contribution is -0.0435. The quantitative estimate of drug-likeness (QED) is 0.369. The third-order valence-electron chi connectivity index (χ3n) is 11.2. The zero-order valence-electron chi connectivity index (χ0n) is 24.1. The van der Waals surface area contributed by atoms with E-state index in [2.05, 4.69) is 73.6 Å². The maximum absolute atomic E-state index is 11.1. The van der Waals surface area contributed by atoms with Crippen LogP contribution in [-0.2, 0) is 4.74 Å². The van der Waals surface area contributed by atoms with Crippen LogP contribution in [0.5, 0.6) is 0 Å². The Morgan fingerprint density at radius 2 is 1.74 bits per heavy atom. The highest BCUT2D eigenvalue weighted by Gasteiger charge is 2.48. The van der Waals surface area contributed by atoms with Crippen molar-refractivity contribution >= 4 is 0 Å². The molecular formula is C34H52N2O2. The lowest BCUT2D eigenvalue weighted by atomic mass is 9.73. The van der Waals surface area contributed by atoms with Gasteiger partial charge in [0.05, 0.1) is 12.7 Å². The van der Waals surface area contributed by atoms with Crippen molar-refractivity contribution in [3.63, 3.8) is 0 Å². The molecule has 0 bridgehead atoms. The standard InChI is InChI=1S/C34H52N2O2/c1-24-25(2)29(20-32(37)31-12-9-18-36-31)30(26(24)3)23-38-33(14-13-27-10-5-4-6-11-27)34(16-7-8-17-34)21-28-15-19-35-22-28/h4-6,10-11,24-26,28-33,35-37H,7-9,12,15-23H2,1-3H3/t24?,25?,26?,28?,29?,30?,31-,32+,33?/m0/s1. The summed E-state index contributed by atoms with van der Waals surface area (Å²) in [6.45, 7) is 11.4. The van der Waals surface area contributed by atoms with Crippen LogP contribution in [0.3, 0.4) is 0 Å². The molecule has 2 saturated heterocycles. The number of aliphatic hydroxyl groups is 1. The van der Waals surface area contributed by atoms with E-state index in [1.165, 1.54) is 44.9 Å². The van der Waals surface area contributed by atoms with E-state index >= 15 is 0 Å². The maximum atomic E-state index is 11.1. The minimum atomic E-state index is -0.255. The summed E-state index contributed by atoms with van der Waals surface area (Å²) in [7, 11) is 0. The molecule has 4 fully saturated rings. The number of hydrogen-bond acceptors (Lipinski definition) is 4. The molecule has 3 N–H and O–H groups in total. The summed E-state index contributed by atoms with van der Waals surface area (Å²) in [5.74, 6) is 10.8. The van der Waals surface area contributed by atoms with E-state index in [1.54, 1.807) is 0 Å². The Bertz CT molecular complexity index is 921. The van der Waals surface area contributed by atoms with E-state index in [0.717, 1.165) is 50.6 Å². The summed E-state index contributed by atoms with van der Waals surface area (Å²) >= 11 is 0. The first-order valence-corrected chi connectivity index (χ1v) is 15.8. The van der Waals surface area contributed by atoms with Gasteiger partial charge in [0.1, 0.15) is 6.10 Å². The second-order valence-electron chi connectivity index (χ2n) is 13.4. The van der Waals surface area contributed by atoms with E-state index in [9.17, 15) is 5.11 Å². The van der Waals surface area contributed by atoms with Crippen molar-refractivity contribution in [3.8, 4) is 11.8 Å².